The summed E-state index contributed by atoms with van der Waals surface area (Å²) in [4.78, 5) is 16.2. The minimum atomic E-state index is -0.429. The first-order valence-corrected chi connectivity index (χ1v) is 7.93. The Bertz CT molecular complexity index is 466. The van der Waals surface area contributed by atoms with Crippen LogP contribution in [0.3, 0.4) is 0 Å². The van der Waals surface area contributed by atoms with Crippen LogP contribution in [-0.4, -0.2) is 66.8 Å². The van der Waals surface area contributed by atoms with Crippen molar-refractivity contribution in [2.24, 2.45) is 0 Å². The van der Waals surface area contributed by atoms with Crippen molar-refractivity contribution in [3.63, 3.8) is 0 Å². The zero-order valence-electron chi connectivity index (χ0n) is 13.5. The predicted molar refractivity (Wildman–Crippen MR) is 82.7 cm³/mol. The molecule has 0 unspecified atom stereocenters. The van der Waals surface area contributed by atoms with Gasteiger partial charge >= 0.3 is 5.97 Å². The molecule has 1 aromatic heterocycles. The van der Waals surface area contributed by atoms with Crippen molar-refractivity contribution in [1.29, 1.82) is 0 Å². The van der Waals surface area contributed by atoms with Crippen LogP contribution in [0.1, 0.15) is 36.1 Å². The van der Waals surface area contributed by atoms with Crippen LogP contribution >= 0.6 is 0 Å². The molecule has 22 heavy (non-hydrogen) atoms. The van der Waals surface area contributed by atoms with E-state index in [2.05, 4.69) is 16.8 Å². The second-order valence-corrected chi connectivity index (χ2v) is 5.71. The Hall–Kier alpha value is -1.37. The minimum absolute atomic E-state index is 0.123. The van der Waals surface area contributed by atoms with Gasteiger partial charge in [-0.1, -0.05) is 0 Å². The van der Waals surface area contributed by atoms with Crippen molar-refractivity contribution in [3.8, 4) is 0 Å². The molecule has 0 aromatic carbocycles. The van der Waals surface area contributed by atoms with Gasteiger partial charge in [0.15, 0.2) is 0 Å². The van der Waals surface area contributed by atoms with E-state index in [0.29, 0.717) is 25.7 Å². The summed E-state index contributed by atoms with van der Waals surface area (Å²) in [5.41, 5.74) is 0. The molecule has 1 fully saturated rings. The van der Waals surface area contributed by atoms with Crippen molar-refractivity contribution < 1.29 is 19.1 Å². The van der Waals surface area contributed by atoms with E-state index in [-0.39, 0.29) is 12.4 Å². The van der Waals surface area contributed by atoms with Gasteiger partial charge in [0.2, 0.25) is 5.76 Å². The molecule has 0 bridgehead atoms. The smallest absolute Gasteiger partial charge is 0.374 e. The summed E-state index contributed by atoms with van der Waals surface area (Å²) in [5.74, 6) is 0.543. The number of esters is 1. The van der Waals surface area contributed by atoms with Gasteiger partial charge in [-0.15, -0.1) is 0 Å². The van der Waals surface area contributed by atoms with Gasteiger partial charge in [0.05, 0.1) is 19.8 Å². The second-order valence-electron chi connectivity index (χ2n) is 5.71. The van der Waals surface area contributed by atoms with Gasteiger partial charge in [-0.05, 0) is 52.0 Å². The number of piperidine rings is 1. The van der Waals surface area contributed by atoms with E-state index in [4.69, 9.17) is 9.15 Å². The Morgan fingerprint density at radius 2 is 2.18 bits per heavy atom. The van der Waals surface area contributed by atoms with Crippen LogP contribution < -0.4 is 0 Å². The lowest BCUT2D eigenvalue weighted by atomic mass is 10.0. The third kappa shape index (κ3) is 4.56. The first kappa shape index (κ1) is 17.0. The Balaban J connectivity index is 1.97. The molecule has 1 saturated heterocycles. The average Bonchev–Trinajstić information content (AvgIpc) is 2.97. The number of ether oxygens (including phenoxy) is 1. The van der Waals surface area contributed by atoms with Crippen LogP contribution in [0.2, 0.25) is 0 Å². The summed E-state index contributed by atoms with van der Waals surface area (Å²) in [6.45, 7) is 5.58. The molecule has 6 nitrogen and oxygen atoms in total. The maximum atomic E-state index is 11.6. The summed E-state index contributed by atoms with van der Waals surface area (Å²) < 4.78 is 10.5. The maximum absolute atomic E-state index is 11.6. The first-order valence-electron chi connectivity index (χ1n) is 7.93. The van der Waals surface area contributed by atoms with Crippen molar-refractivity contribution in [3.05, 3.63) is 23.7 Å². The number of aliphatic hydroxyl groups is 1. The number of carbonyl (C=O) groups excluding carboxylic acids is 1. The monoisotopic (exact) mass is 310 g/mol. The average molecular weight is 310 g/mol. The van der Waals surface area contributed by atoms with Crippen molar-refractivity contribution >= 4 is 5.97 Å². The standard InChI is InChI=1S/C16H26N2O4/c1-3-21-16(20)15-5-4-14(22-15)12-18(10-11-19)13-6-8-17(2)9-7-13/h4-5,13,19H,3,6-12H2,1-2H3. The summed E-state index contributed by atoms with van der Waals surface area (Å²) in [6, 6.07) is 3.91. The summed E-state index contributed by atoms with van der Waals surface area (Å²) in [5, 5.41) is 9.30. The first-order chi connectivity index (χ1) is 10.6. The Morgan fingerprint density at radius 1 is 1.45 bits per heavy atom. The third-order valence-corrected chi connectivity index (χ3v) is 4.09. The summed E-state index contributed by atoms with van der Waals surface area (Å²) in [7, 11) is 2.13. The van der Waals surface area contributed by atoms with Crippen LogP contribution in [0.25, 0.3) is 0 Å². The molecule has 6 heteroatoms. The fourth-order valence-corrected chi connectivity index (χ4v) is 2.85. The molecule has 0 atom stereocenters. The largest absolute Gasteiger partial charge is 0.460 e. The van der Waals surface area contributed by atoms with E-state index in [1.54, 1.807) is 13.0 Å². The Labute approximate surface area is 131 Å². The number of nitrogens with zero attached hydrogens (tertiary/aromatic N) is 2. The van der Waals surface area contributed by atoms with Crippen LogP contribution in [0.5, 0.6) is 0 Å². The van der Waals surface area contributed by atoms with E-state index >= 15 is 0 Å². The van der Waals surface area contributed by atoms with Crippen LogP contribution in [0.15, 0.2) is 16.5 Å². The lowest BCUT2D eigenvalue weighted by Crippen LogP contribution is -2.44. The molecule has 0 aliphatic carbocycles. The van der Waals surface area contributed by atoms with Gasteiger partial charge in [-0.25, -0.2) is 4.79 Å². The van der Waals surface area contributed by atoms with E-state index in [1.165, 1.54) is 0 Å². The van der Waals surface area contributed by atoms with E-state index < -0.39 is 5.97 Å². The van der Waals surface area contributed by atoms with Crippen LogP contribution in [0, 0.1) is 0 Å². The number of carbonyl (C=O) groups is 1. The molecule has 2 rings (SSSR count). The highest BCUT2D eigenvalue weighted by Crippen LogP contribution is 2.19. The molecular formula is C16H26N2O4. The fourth-order valence-electron chi connectivity index (χ4n) is 2.85. The maximum Gasteiger partial charge on any atom is 0.374 e. The highest BCUT2D eigenvalue weighted by atomic mass is 16.5. The predicted octanol–water partition coefficient (Wildman–Crippen LogP) is 1.34. The Morgan fingerprint density at radius 3 is 2.82 bits per heavy atom. The van der Waals surface area contributed by atoms with Gasteiger partial charge in [0.25, 0.3) is 0 Å². The molecule has 1 aliphatic heterocycles. The highest BCUT2D eigenvalue weighted by molar-refractivity contribution is 5.86. The molecule has 0 saturated carbocycles. The highest BCUT2D eigenvalue weighted by Gasteiger charge is 2.24. The fraction of sp³-hybridized carbons (Fsp3) is 0.688. The number of likely N-dealkylation sites (tertiary alicyclic amines) is 1. The topological polar surface area (TPSA) is 66.2 Å². The molecule has 0 spiro atoms. The van der Waals surface area contributed by atoms with E-state index in [0.717, 1.165) is 31.7 Å². The molecular weight excluding hydrogens is 284 g/mol. The van der Waals surface area contributed by atoms with Gasteiger partial charge in [-0.3, -0.25) is 4.90 Å². The summed E-state index contributed by atoms with van der Waals surface area (Å²) >= 11 is 0. The minimum Gasteiger partial charge on any atom is -0.460 e. The zero-order chi connectivity index (χ0) is 15.9. The van der Waals surface area contributed by atoms with E-state index in [9.17, 15) is 9.90 Å². The van der Waals surface area contributed by atoms with Gasteiger partial charge < -0.3 is 19.2 Å². The Kier molecular flexibility index (Phi) is 6.42. The lowest BCUT2D eigenvalue weighted by molar-refractivity contribution is 0.0481. The van der Waals surface area contributed by atoms with E-state index in [1.807, 2.05) is 6.07 Å². The summed E-state index contributed by atoms with van der Waals surface area (Å²) in [6.07, 6.45) is 2.17. The molecule has 0 amide bonds. The molecule has 1 aliphatic rings. The molecule has 124 valence electrons. The SMILES string of the molecule is CCOC(=O)c1ccc(CN(CCO)C2CCN(C)CC2)o1. The quantitative estimate of drug-likeness (QED) is 0.767. The van der Waals surface area contributed by atoms with Crippen molar-refractivity contribution in [2.45, 2.75) is 32.4 Å². The number of hydrogen-bond acceptors (Lipinski definition) is 6. The number of rotatable bonds is 7. The van der Waals surface area contributed by atoms with Crippen molar-refractivity contribution in [2.75, 3.05) is 39.9 Å². The molecule has 2 heterocycles. The molecule has 0 radical (unpaired) electrons. The molecule has 1 N–H and O–H groups in total. The number of hydrogen-bond donors (Lipinski definition) is 1. The van der Waals surface area contributed by atoms with Gasteiger partial charge in [0.1, 0.15) is 5.76 Å². The van der Waals surface area contributed by atoms with Crippen LogP contribution in [-0.2, 0) is 11.3 Å². The molecule has 1 aromatic rings. The van der Waals surface area contributed by atoms with Gasteiger partial charge in [0, 0.05) is 12.6 Å². The lowest BCUT2D eigenvalue weighted by Gasteiger charge is -2.36. The normalized spacial score (nSPS) is 17.1. The third-order valence-electron chi connectivity index (χ3n) is 4.09. The van der Waals surface area contributed by atoms with Crippen LogP contribution in [0.4, 0.5) is 0 Å². The van der Waals surface area contributed by atoms with Gasteiger partial charge in [-0.2, -0.15) is 0 Å². The second kappa shape index (κ2) is 8.31. The number of aliphatic hydroxyl groups excluding tert-OH is 1. The zero-order valence-corrected chi connectivity index (χ0v) is 13.5. The number of furan rings is 1. The van der Waals surface area contributed by atoms with Crippen molar-refractivity contribution in [1.82, 2.24) is 9.80 Å².